The zero-order valence-corrected chi connectivity index (χ0v) is 14.1. The Morgan fingerprint density at radius 1 is 1.16 bits per heavy atom. The molecule has 0 saturated carbocycles. The first-order valence-electron chi connectivity index (χ1n) is 7.98. The topological polar surface area (TPSA) is 95.0 Å². The number of hydrogen-bond donors (Lipinski definition) is 1. The third kappa shape index (κ3) is 2.28. The van der Waals surface area contributed by atoms with Gasteiger partial charge in [-0.1, -0.05) is 24.3 Å². The van der Waals surface area contributed by atoms with Gasteiger partial charge in [0.1, 0.15) is 12.6 Å². The van der Waals surface area contributed by atoms with Gasteiger partial charge < -0.3 is 10.0 Å². The molecule has 1 N–H and O–H groups in total. The van der Waals surface area contributed by atoms with Crippen LogP contribution in [-0.4, -0.2) is 49.4 Å². The fourth-order valence-corrected chi connectivity index (χ4v) is 5.32. The summed E-state index contributed by atoms with van der Waals surface area (Å²) >= 11 is 0. The second kappa shape index (κ2) is 5.45. The summed E-state index contributed by atoms with van der Waals surface area (Å²) in [5, 5.41) is 10.6. The summed E-state index contributed by atoms with van der Waals surface area (Å²) in [6.45, 7) is -0.0548. The van der Waals surface area contributed by atoms with E-state index in [1.807, 2.05) is 12.1 Å². The minimum absolute atomic E-state index is 0.185. The van der Waals surface area contributed by atoms with Crippen LogP contribution in [0.1, 0.15) is 12.8 Å². The van der Waals surface area contributed by atoms with Crippen LogP contribution in [0.25, 0.3) is 10.8 Å². The first-order valence-corrected chi connectivity index (χ1v) is 9.42. The molecule has 1 amide bonds. The monoisotopic (exact) mass is 360 g/mol. The van der Waals surface area contributed by atoms with Crippen LogP contribution in [0.2, 0.25) is 0 Å². The summed E-state index contributed by atoms with van der Waals surface area (Å²) in [4.78, 5) is 25.4. The van der Waals surface area contributed by atoms with Crippen molar-refractivity contribution in [1.82, 2.24) is 4.90 Å². The molecular formula is C17H16N2O5S. The Bertz CT molecular complexity index is 996. The summed E-state index contributed by atoms with van der Waals surface area (Å²) in [6, 6.07) is 9.38. The number of carboxylic acids is 1. The van der Waals surface area contributed by atoms with Crippen molar-refractivity contribution in [3.63, 3.8) is 0 Å². The minimum Gasteiger partial charge on any atom is -0.480 e. The van der Waals surface area contributed by atoms with Gasteiger partial charge in [-0.15, -0.1) is 0 Å². The van der Waals surface area contributed by atoms with Crippen molar-refractivity contribution in [2.75, 3.05) is 17.4 Å². The molecule has 8 heteroatoms. The molecule has 2 heterocycles. The molecular weight excluding hydrogens is 344 g/mol. The number of sulfonamides is 1. The number of anilines is 1. The Balaban J connectivity index is 1.72. The molecule has 0 radical (unpaired) electrons. The molecule has 0 spiro atoms. The van der Waals surface area contributed by atoms with E-state index in [0.717, 1.165) is 9.69 Å². The smallest absolute Gasteiger partial charge is 0.326 e. The number of amides is 1. The molecule has 2 aromatic rings. The van der Waals surface area contributed by atoms with Gasteiger partial charge in [0, 0.05) is 11.9 Å². The highest BCUT2D eigenvalue weighted by Gasteiger charge is 2.40. The molecule has 2 aliphatic heterocycles. The Hall–Kier alpha value is -2.61. The average Bonchev–Trinajstić information content (AvgIpc) is 3.15. The summed E-state index contributed by atoms with van der Waals surface area (Å²) in [5.74, 6) is -1.54. The highest BCUT2D eigenvalue weighted by atomic mass is 32.2. The van der Waals surface area contributed by atoms with Gasteiger partial charge in [0.25, 0.3) is 10.0 Å². The van der Waals surface area contributed by atoms with E-state index in [1.165, 1.54) is 11.0 Å². The van der Waals surface area contributed by atoms with E-state index in [0.29, 0.717) is 30.5 Å². The summed E-state index contributed by atoms with van der Waals surface area (Å²) in [7, 11) is -3.82. The fraction of sp³-hybridized carbons (Fsp3) is 0.294. The van der Waals surface area contributed by atoms with E-state index in [9.17, 15) is 23.1 Å². The van der Waals surface area contributed by atoms with Gasteiger partial charge in [-0.2, -0.15) is 0 Å². The molecule has 1 fully saturated rings. The van der Waals surface area contributed by atoms with Gasteiger partial charge in [-0.3, -0.25) is 9.10 Å². The van der Waals surface area contributed by atoms with Crippen molar-refractivity contribution in [3.05, 3.63) is 36.4 Å². The predicted molar refractivity (Wildman–Crippen MR) is 90.9 cm³/mol. The third-order valence-corrected chi connectivity index (χ3v) is 6.62. The summed E-state index contributed by atoms with van der Waals surface area (Å²) in [5.41, 5.74) is 0.465. The van der Waals surface area contributed by atoms with Crippen LogP contribution < -0.4 is 4.31 Å². The average molecular weight is 360 g/mol. The van der Waals surface area contributed by atoms with Crippen molar-refractivity contribution < 1.29 is 23.1 Å². The third-order valence-electron chi connectivity index (χ3n) is 4.82. The molecule has 7 nitrogen and oxygen atoms in total. The zero-order valence-electron chi connectivity index (χ0n) is 13.3. The minimum atomic E-state index is -3.82. The van der Waals surface area contributed by atoms with Crippen LogP contribution in [0.4, 0.5) is 5.69 Å². The van der Waals surface area contributed by atoms with E-state index in [2.05, 4.69) is 0 Å². The summed E-state index contributed by atoms with van der Waals surface area (Å²) in [6.07, 6.45) is 0.995. The fourth-order valence-electron chi connectivity index (χ4n) is 3.66. The number of carboxylic acid groups (broad SMARTS) is 1. The number of rotatable bonds is 3. The van der Waals surface area contributed by atoms with Crippen LogP contribution in [-0.2, 0) is 19.6 Å². The molecule has 0 bridgehead atoms. The summed E-state index contributed by atoms with van der Waals surface area (Å²) < 4.78 is 26.8. The standard InChI is InChI=1S/C17H16N2O5S/c20-15(18-9-3-7-13(18)17(21)22)10-19-12-6-1-4-11-5-2-8-14(16(11)12)25(19,23)24/h1-2,4-6,8,13H,3,7,9-10H2,(H,21,22)/t13-/m0/s1. The number of hydrogen-bond acceptors (Lipinski definition) is 4. The quantitative estimate of drug-likeness (QED) is 0.893. The van der Waals surface area contributed by atoms with Crippen molar-refractivity contribution in [3.8, 4) is 0 Å². The van der Waals surface area contributed by atoms with Crippen LogP contribution in [0.5, 0.6) is 0 Å². The second-order valence-electron chi connectivity index (χ2n) is 6.23. The maximum atomic E-state index is 12.9. The van der Waals surface area contributed by atoms with Gasteiger partial charge in [0.15, 0.2) is 0 Å². The van der Waals surface area contributed by atoms with Gasteiger partial charge in [0.05, 0.1) is 10.6 Å². The molecule has 0 aliphatic carbocycles. The maximum Gasteiger partial charge on any atom is 0.326 e. The molecule has 25 heavy (non-hydrogen) atoms. The molecule has 0 unspecified atom stereocenters. The Kier molecular flexibility index (Phi) is 3.47. The van der Waals surface area contributed by atoms with E-state index in [-0.39, 0.29) is 11.4 Å². The second-order valence-corrected chi connectivity index (χ2v) is 8.06. The highest BCUT2D eigenvalue weighted by Crippen LogP contribution is 2.41. The maximum absolute atomic E-state index is 12.9. The van der Waals surface area contributed by atoms with Gasteiger partial charge in [-0.25, -0.2) is 13.2 Å². The Morgan fingerprint density at radius 2 is 1.88 bits per heavy atom. The molecule has 2 aliphatic rings. The van der Waals surface area contributed by atoms with Crippen molar-refractivity contribution in [2.24, 2.45) is 0 Å². The predicted octanol–water partition coefficient (Wildman–Crippen LogP) is 1.42. The molecule has 2 aromatic carbocycles. The largest absolute Gasteiger partial charge is 0.480 e. The number of aliphatic carboxylic acids is 1. The van der Waals surface area contributed by atoms with Crippen LogP contribution in [0.3, 0.4) is 0 Å². The molecule has 4 rings (SSSR count). The number of nitrogens with zero attached hydrogens (tertiary/aromatic N) is 2. The number of benzene rings is 2. The van der Waals surface area contributed by atoms with Gasteiger partial charge >= 0.3 is 5.97 Å². The van der Waals surface area contributed by atoms with E-state index in [4.69, 9.17) is 0 Å². The Labute approximate surface area is 144 Å². The lowest BCUT2D eigenvalue weighted by molar-refractivity contribution is -0.147. The van der Waals surface area contributed by atoms with Gasteiger partial charge in [-0.05, 0) is 30.4 Å². The van der Waals surface area contributed by atoms with Gasteiger partial charge in [0.2, 0.25) is 5.91 Å². The lowest BCUT2D eigenvalue weighted by atomic mass is 10.1. The number of carbonyl (C=O) groups excluding carboxylic acids is 1. The van der Waals surface area contributed by atoms with Crippen LogP contribution in [0.15, 0.2) is 41.3 Å². The van der Waals surface area contributed by atoms with Crippen molar-refractivity contribution in [1.29, 1.82) is 0 Å². The SMILES string of the molecule is O=C(O)[C@@H]1CCCN1C(=O)CN1c2cccc3cccc(c23)S1(=O)=O. The van der Waals surface area contributed by atoms with E-state index in [1.54, 1.807) is 18.2 Å². The first kappa shape index (κ1) is 15.9. The van der Waals surface area contributed by atoms with Crippen molar-refractivity contribution >= 4 is 38.4 Å². The molecule has 0 aromatic heterocycles. The van der Waals surface area contributed by atoms with Crippen LogP contribution >= 0.6 is 0 Å². The van der Waals surface area contributed by atoms with Crippen molar-refractivity contribution in [2.45, 2.75) is 23.8 Å². The van der Waals surface area contributed by atoms with E-state index >= 15 is 0 Å². The van der Waals surface area contributed by atoms with Crippen LogP contribution in [0, 0.1) is 0 Å². The van der Waals surface area contributed by atoms with E-state index < -0.39 is 27.9 Å². The Morgan fingerprint density at radius 3 is 2.60 bits per heavy atom. The normalized spacial score (nSPS) is 21.0. The molecule has 1 saturated heterocycles. The molecule has 130 valence electrons. The first-order chi connectivity index (χ1) is 11.9. The lowest BCUT2D eigenvalue weighted by Gasteiger charge is -2.25. The zero-order chi connectivity index (χ0) is 17.8. The molecule has 1 atom stereocenters. The number of likely N-dealkylation sites (tertiary alicyclic amines) is 1. The number of carbonyl (C=O) groups is 2. The lowest BCUT2D eigenvalue weighted by Crippen LogP contribution is -2.46. The highest BCUT2D eigenvalue weighted by molar-refractivity contribution is 7.93.